The molecule has 0 fully saturated rings. The van der Waals surface area contributed by atoms with Crippen LogP contribution in [0.5, 0.6) is 0 Å². The van der Waals surface area contributed by atoms with E-state index in [-0.39, 0.29) is 40.9 Å². The molecule has 3 aromatic carbocycles. The fraction of sp³-hybridized carbons (Fsp3) is 0. The van der Waals surface area contributed by atoms with Crippen LogP contribution in [0, 0.1) is 0 Å². The quantitative estimate of drug-likeness (QED) is 0.202. The van der Waals surface area contributed by atoms with Crippen LogP contribution >= 0.6 is 0 Å². The van der Waals surface area contributed by atoms with E-state index in [1.54, 1.807) is 13.6 Å². The molecule has 0 N–H and O–H groups in total. The Bertz CT molecular complexity index is 1630. The van der Waals surface area contributed by atoms with Gasteiger partial charge in [-0.25, -0.2) is 0 Å². The van der Waals surface area contributed by atoms with Gasteiger partial charge in [-0.05, 0) is 0 Å². The molecule has 0 aliphatic carbocycles. The molecule has 0 aliphatic rings. The van der Waals surface area contributed by atoms with E-state index in [1.165, 1.54) is 32.7 Å². The first-order valence-electron chi connectivity index (χ1n) is 10.5. The zero-order chi connectivity index (χ0) is 21.1. The number of rotatable bonds is 2. The van der Waals surface area contributed by atoms with Gasteiger partial charge in [0.25, 0.3) is 0 Å². The van der Waals surface area contributed by atoms with E-state index in [9.17, 15) is 0 Å². The summed E-state index contributed by atoms with van der Waals surface area (Å²) in [4.78, 5) is 9.12. The van der Waals surface area contributed by atoms with E-state index < -0.39 is 0 Å². The molecule has 0 spiro atoms. The van der Waals surface area contributed by atoms with E-state index in [2.05, 4.69) is 82.8 Å². The molecule has 32 heavy (non-hydrogen) atoms. The summed E-state index contributed by atoms with van der Waals surface area (Å²) in [5, 5.41) is 5.82. The molecule has 0 saturated heterocycles. The standard InChI is InChI=1S/C28H16N2Te2/c1-3-11-29-23(5-1)17-7-9-25-19(13-17)21-15-28-22(16-27(21)31-25)20-14-18(8-10-26(20)32-28)24-6-2-4-12-30-24/h1-16H. The third-order valence-corrected chi connectivity index (χ3v) is 12.5. The normalized spacial score (nSPS) is 11.8. The molecule has 0 atom stereocenters. The molecule has 2 nitrogen and oxygen atoms in total. The van der Waals surface area contributed by atoms with Gasteiger partial charge < -0.3 is 0 Å². The minimum atomic E-state index is -0.360. The van der Waals surface area contributed by atoms with Gasteiger partial charge in [0.15, 0.2) is 0 Å². The Morgan fingerprint density at radius 1 is 0.438 bits per heavy atom. The molecular weight excluding hydrogens is 620 g/mol. The molecule has 0 unspecified atom stereocenters. The van der Waals surface area contributed by atoms with Gasteiger partial charge >= 0.3 is 206 Å². The molecule has 7 rings (SSSR count). The average Bonchev–Trinajstić information content (AvgIpc) is 3.40. The van der Waals surface area contributed by atoms with Crippen molar-refractivity contribution in [2.45, 2.75) is 0 Å². The number of hydrogen-bond donors (Lipinski definition) is 0. The van der Waals surface area contributed by atoms with Gasteiger partial charge in [-0.15, -0.1) is 0 Å². The minimum absolute atomic E-state index is 0.360. The van der Waals surface area contributed by atoms with Crippen LogP contribution in [0.4, 0.5) is 0 Å². The van der Waals surface area contributed by atoms with E-state index >= 15 is 0 Å². The van der Waals surface area contributed by atoms with E-state index in [4.69, 9.17) is 0 Å². The van der Waals surface area contributed by atoms with E-state index in [0.29, 0.717) is 0 Å². The number of pyridine rings is 2. The summed E-state index contributed by atoms with van der Waals surface area (Å²) < 4.78 is 6.25. The van der Waals surface area contributed by atoms with Crippen molar-refractivity contribution < 1.29 is 0 Å². The number of nitrogens with zero attached hydrogens (tertiary/aromatic N) is 2. The number of benzene rings is 3. The third-order valence-electron chi connectivity index (χ3n) is 5.98. The molecule has 4 heteroatoms. The van der Waals surface area contributed by atoms with Crippen LogP contribution in [0.15, 0.2) is 97.3 Å². The van der Waals surface area contributed by atoms with Gasteiger partial charge in [-0.2, -0.15) is 0 Å². The number of fused-ring (bicyclic) bond motifs is 6. The zero-order valence-corrected chi connectivity index (χ0v) is 21.6. The van der Waals surface area contributed by atoms with Gasteiger partial charge in [-0.1, -0.05) is 0 Å². The number of hydrogen-bond acceptors (Lipinski definition) is 2. The molecule has 150 valence electrons. The van der Waals surface area contributed by atoms with Crippen LogP contribution in [-0.2, 0) is 0 Å². The van der Waals surface area contributed by atoms with Crippen molar-refractivity contribution in [3.63, 3.8) is 0 Å². The van der Waals surface area contributed by atoms with Crippen molar-refractivity contribution in [1.29, 1.82) is 0 Å². The third kappa shape index (κ3) is 3.07. The second kappa shape index (κ2) is 7.55. The Morgan fingerprint density at radius 2 is 0.906 bits per heavy atom. The van der Waals surface area contributed by atoms with Gasteiger partial charge in [0.05, 0.1) is 0 Å². The van der Waals surface area contributed by atoms with Crippen molar-refractivity contribution in [3.05, 3.63) is 97.3 Å². The Labute approximate surface area is 204 Å². The Kier molecular flexibility index (Phi) is 4.49. The maximum absolute atomic E-state index is 4.56. The summed E-state index contributed by atoms with van der Waals surface area (Å²) in [6.45, 7) is 0. The van der Waals surface area contributed by atoms with Gasteiger partial charge in [0, 0.05) is 0 Å². The Balaban J connectivity index is 1.46. The molecule has 0 aliphatic heterocycles. The molecular formula is C28H16N2Te2. The van der Waals surface area contributed by atoms with Crippen molar-refractivity contribution in [1.82, 2.24) is 9.97 Å². The van der Waals surface area contributed by atoms with Gasteiger partial charge in [0.2, 0.25) is 0 Å². The van der Waals surface area contributed by atoms with Crippen LogP contribution in [0.1, 0.15) is 0 Å². The molecule has 0 saturated carbocycles. The first kappa shape index (κ1) is 19.0. The van der Waals surface area contributed by atoms with Gasteiger partial charge in [0.1, 0.15) is 0 Å². The average molecular weight is 636 g/mol. The summed E-state index contributed by atoms with van der Waals surface area (Å²) in [7, 11) is 0. The second-order valence-electron chi connectivity index (χ2n) is 7.90. The first-order chi connectivity index (χ1) is 15.8. The predicted molar refractivity (Wildman–Crippen MR) is 137 cm³/mol. The fourth-order valence-corrected chi connectivity index (χ4v) is 10.8. The summed E-state index contributed by atoms with van der Waals surface area (Å²) >= 11 is -0.720. The number of aromatic nitrogens is 2. The van der Waals surface area contributed by atoms with E-state index in [0.717, 1.165) is 11.4 Å². The molecule has 4 aromatic heterocycles. The van der Waals surface area contributed by atoms with Crippen molar-refractivity contribution in [2.24, 2.45) is 0 Å². The van der Waals surface area contributed by atoms with Crippen LogP contribution in [0.3, 0.4) is 0 Å². The van der Waals surface area contributed by atoms with Crippen molar-refractivity contribution in [2.75, 3.05) is 0 Å². The fourth-order valence-electron chi connectivity index (χ4n) is 4.43. The molecule has 0 amide bonds. The SMILES string of the molecule is c1ccc(-c2ccc3[te]c4cc5c(cc4c3c2)[te]c2ccc(-c3ccccn3)cc25)nc1. The van der Waals surface area contributed by atoms with Crippen molar-refractivity contribution >= 4 is 76.0 Å². The first-order valence-corrected chi connectivity index (χ1v) is 15.1. The summed E-state index contributed by atoms with van der Waals surface area (Å²) in [5.41, 5.74) is 4.53. The van der Waals surface area contributed by atoms with Crippen LogP contribution in [0.2, 0.25) is 0 Å². The van der Waals surface area contributed by atoms with E-state index in [1.807, 2.05) is 24.5 Å². The Morgan fingerprint density at radius 3 is 1.34 bits per heavy atom. The monoisotopic (exact) mass is 640 g/mol. The Hall–Kier alpha value is -2.46. The molecule has 4 heterocycles. The molecule has 7 aromatic rings. The van der Waals surface area contributed by atoms with Crippen LogP contribution in [-0.4, -0.2) is 50.8 Å². The van der Waals surface area contributed by atoms with Gasteiger partial charge in [-0.3, -0.25) is 0 Å². The summed E-state index contributed by atoms with van der Waals surface area (Å²) in [5.74, 6) is 0. The second-order valence-corrected chi connectivity index (χ2v) is 14.1. The zero-order valence-electron chi connectivity index (χ0n) is 16.9. The molecule has 0 radical (unpaired) electrons. The summed E-state index contributed by atoms with van der Waals surface area (Å²) in [6, 6.07) is 31.2. The van der Waals surface area contributed by atoms with Crippen LogP contribution in [0.25, 0.3) is 57.7 Å². The maximum atomic E-state index is 4.56. The predicted octanol–water partition coefficient (Wildman–Crippen LogP) is 6.54. The summed E-state index contributed by atoms with van der Waals surface area (Å²) in [6.07, 6.45) is 3.75. The molecule has 0 bridgehead atoms. The topological polar surface area (TPSA) is 25.8 Å². The van der Waals surface area contributed by atoms with Crippen molar-refractivity contribution in [3.8, 4) is 22.5 Å². The van der Waals surface area contributed by atoms with Crippen LogP contribution < -0.4 is 0 Å².